The smallest absolute Gasteiger partial charge is 0.335 e. The molecular formula is C17H20N2O2S. The maximum Gasteiger partial charge on any atom is 0.335 e. The number of allylic oxidation sites excluding steroid dienone is 1. The van der Waals surface area contributed by atoms with Crippen LogP contribution in [0.3, 0.4) is 0 Å². The van der Waals surface area contributed by atoms with Crippen LogP contribution >= 0.6 is 11.8 Å². The molecule has 0 bridgehead atoms. The summed E-state index contributed by atoms with van der Waals surface area (Å²) in [5.41, 5.74) is 2.03. The second-order valence-corrected chi connectivity index (χ2v) is 6.91. The molecule has 2 atom stereocenters. The zero-order chi connectivity index (χ0) is 15.7. The van der Waals surface area contributed by atoms with E-state index in [9.17, 15) is 9.90 Å². The molecular weight excluding hydrogens is 296 g/mol. The van der Waals surface area contributed by atoms with Crippen LogP contribution in [-0.4, -0.2) is 32.9 Å². The van der Waals surface area contributed by atoms with Crippen molar-refractivity contribution in [2.24, 2.45) is 4.99 Å². The van der Waals surface area contributed by atoms with E-state index >= 15 is 0 Å². The largest absolute Gasteiger partial charge is 0.478 e. The molecule has 4 nitrogen and oxygen atoms in total. The SMILES string of the molecule is CCC1CCN2C(=NC(C)=C(C(=O)O)C2c2ccccc2)S1. The summed E-state index contributed by atoms with van der Waals surface area (Å²) in [5, 5.41) is 11.2. The van der Waals surface area contributed by atoms with E-state index in [1.807, 2.05) is 30.3 Å². The fourth-order valence-corrected chi connectivity index (χ4v) is 4.29. The highest BCUT2D eigenvalue weighted by atomic mass is 32.2. The highest BCUT2D eigenvalue weighted by Crippen LogP contribution is 2.41. The van der Waals surface area contributed by atoms with Crippen LogP contribution in [0.5, 0.6) is 0 Å². The average molecular weight is 316 g/mol. The van der Waals surface area contributed by atoms with Gasteiger partial charge in [0, 0.05) is 11.8 Å². The van der Waals surface area contributed by atoms with Gasteiger partial charge in [0.25, 0.3) is 0 Å². The van der Waals surface area contributed by atoms with Gasteiger partial charge in [0.15, 0.2) is 5.17 Å². The van der Waals surface area contributed by atoms with Crippen molar-refractivity contribution in [1.82, 2.24) is 4.90 Å². The third-order valence-electron chi connectivity index (χ3n) is 4.25. The Balaban J connectivity index is 2.06. The molecule has 0 aromatic heterocycles. The van der Waals surface area contributed by atoms with Crippen molar-refractivity contribution in [3.05, 3.63) is 47.2 Å². The summed E-state index contributed by atoms with van der Waals surface area (Å²) >= 11 is 1.78. The van der Waals surface area contributed by atoms with E-state index in [0.29, 0.717) is 16.5 Å². The Labute approximate surface area is 134 Å². The summed E-state index contributed by atoms with van der Waals surface area (Å²) < 4.78 is 0. The predicted molar refractivity (Wildman–Crippen MR) is 89.9 cm³/mol. The number of nitrogens with zero attached hydrogens (tertiary/aromatic N) is 2. The number of fused-ring (bicyclic) bond motifs is 1. The van der Waals surface area contributed by atoms with Gasteiger partial charge in [-0.1, -0.05) is 49.0 Å². The van der Waals surface area contributed by atoms with Gasteiger partial charge in [-0.2, -0.15) is 0 Å². The predicted octanol–water partition coefficient (Wildman–Crippen LogP) is 3.67. The minimum Gasteiger partial charge on any atom is -0.478 e. The molecule has 116 valence electrons. The zero-order valence-corrected chi connectivity index (χ0v) is 13.6. The van der Waals surface area contributed by atoms with Crippen molar-refractivity contribution in [1.29, 1.82) is 0 Å². The summed E-state index contributed by atoms with van der Waals surface area (Å²) in [6.45, 7) is 4.85. The topological polar surface area (TPSA) is 52.9 Å². The number of carboxylic acid groups (broad SMARTS) is 1. The van der Waals surface area contributed by atoms with Crippen molar-refractivity contribution < 1.29 is 9.90 Å². The molecule has 0 radical (unpaired) electrons. The first kappa shape index (κ1) is 15.2. The van der Waals surface area contributed by atoms with Gasteiger partial charge in [0.1, 0.15) is 0 Å². The molecule has 0 saturated carbocycles. The lowest BCUT2D eigenvalue weighted by Crippen LogP contribution is -2.43. The fraction of sp³-hybridized carbons (Fsp3) is 0.412. The van der Waals surface area contributed by atoms with Gasteiger partial charge in [-0.05, 0) is 25.3 Å². The molecule has 2 aliphatic heterocycles. The van der Waals surface area contributed by atoms with Crippen LogP contribution in [0.25, 0.3) is 0 Å². The molecule has 0 aliphatic carbocycles. The van der Waals surface area contributed by atoms with Crippen LogP contribution in [0.1, 0.15) is 38.3 Å². The van der Waals surface area contributed by atoms with Crippen LogP contribution in [-0.2, 0) is 4.79 Å². The second kappa shape index (κ2) is 6.16. The lowest BCUT2D eigenvalue weighted by molar-refractivity contribution is -0.133. The van der Waals surface area contributed by atoms with Crippen molar-refractivity contribution in [3.63, 3.8) is 0 Å². The Kier molecular flexibility index (Phi) is 4.25. The molecule has 1 aromatic carbocycles. The van der Waals surface area contributed by atoms with E-state index in [2.05, 4.69) is 16.8 Å². The molecule has 2 unspecified atom stereocenters. The summed E-state index contributed by atoms with van der Waals surface area (Å²) in [6, 6.07) is 9.64. The molecule has 1 N–H and O–H groups in total. The van der Waals surface area contributed by atoms with E-state index in [-0.39, 0.29) is 6.04 Å². The Bertz CT molecular complexity index is 639. The van der Waals surface area contributed by atoms with Gasteiger partial charge >= 0.3 is 5.97 Å². The number of amidine groups is 1. The van der Waals surface area contributed by atoms with Crippen LogP contribution < -0.4 is 0 Å². The first-order chi connectivity index (χ1) is 10.6. The maximum atomic E-state index is 11.8. The van der Waals surface area contributed by atoms with Crippen molar-refractivity contribution >= 4 is 22.9 Å². The molecule has 22 heavy (non-hydrogen) atoms. The van der Waals surface area contributed by atoms with E-state index in [1.54, 1.807) is 18.7 Å². The second-order valence-electron chi connectivity index (χ2n) is 5.64. The molecule has 5 heteroatoms. The molecule has 2 heterocycles. The minimum atomic E-state index is -0.878. The number of aliphatic imine (C=N–C) groups is 1. The first-order valence-electron chi connectivity index (χ1n) is 7.62. The van der Waals surface area contributed by atoms with Crippen molar-refractivity contribution in [3.8, 4) is 0 Å². The van der Waals surface area contributed by atoms with Crippen LogP contribution in [0.15, 0.2) is 46.6 Å². The molecule has 0 spiro atoms. The van der Waals surface area contributed by atoms with Gasteiger partial charge < -0.3 is 10.0 Å². The zero-order valence-electron chi connectivity index (χ0n) is 12.8. The number of carboxylic acids is 1. The monoisotopic (exact) mass is 316 g/mol. The standard InChI is InChI=1S/C17H20N2O2S/c1-3-13-9-10-19-15(12-7-5-4-6-8-12)14(16(20)21)11(2)18-17(19)22-13/h4-8,13,15H,3,9-10H2,1-2H3,(H,20,21). The summed E-state index contributed by atoms with van der Waals surface area (Å²) in [4.78, 5) is 18.5. The normalized spacial score (nSPS) is 24.8. The molecule has 2 aliphatic rings. The van der Waals surface area contributed by atoms with E-state index in [1.165, 1.54) is 0 Å². The number of thioether (sulfide) groups is 1. The fourth-order valence-electron chi connectivity index (χ4n) is 3.08. The van der Waals surface area contributed by atoms with Crippen molar-refractivity contribution in [2.45, 2.75) is 38.0 Å². The molecule has 1 aromatic rings. The van der Waals surface area contributed by atoms with E-state index < -0.39 is 5.97 Å². The van der Waals surface area contributed by atoms with Gasteiger partial charge in [-0.15, -0.1) is 0 Å². The molecule has 1 saturated heterocycles. The molecule has 1 fully saturated rings. The Morgan fingerprint density at radius 3 is 2.77 bits per heavy atom. The lowest BCUT2D eigenvalue weighted by Gasteiger charge is -2.42. The number of benzene rings is 1. The van der Waals surface area contributed by atoms with Crippen LogP contribution in [0.4, 0.5) is 0 Å². The van der Waals surface area contributed by atoms with Crippen LogP contribution in [0.2, 0.25) is 0 Å². The quantitative estimate of drug-likeness (QED) is 0.924. The Hall–Kier alpha value is -1.75. The third kappa shape index (κ3) is 2.65. The van der Waals surface area contributed by atoms with Gasteiger partial charge in [-0.25, -0.2) is 9.79 Å². The lowest BCUT2D eigenvalue weighted by atomic mass is 9.94. The summed E-state index contributed by atoms with van der Waals surface area (Å²) in [7, 11) is 0. The first-order valence-corrected chi connectivity index (χ1v) is 8.50. The average Bonchev–Trinajstić information content (AvgIpc) is 2.53. The summed E-state index contributed by atoms with van der Waals surface area (Å²) in [5.74, 6) is -0.878. The minimum absolute atomic E-state index is 0.239. The number of rotatable bonds is 3. The molecule has 3 rings (SSSR count). The van der Waals surface area contributed by atoms with Gasteiger partial charge in [0.05, 0.1) is 17.3 Å². The molecule has 0 amide bonds. The number of hydrogen-bond acceptors (Lipinski definition) is 4. The van der Waals surface area contributed by atoms with E-state index in [0.717, 1.165) is 30.1 Å². The van der Waals surface area contributed by atoms with Crippen LogP contribution in [0, 0.1) is 0 Å². The number of aliphatic carboxylic acids is 1. The number of hydrogen-bond donors (Lipinski definition) is 1. The third-order valence-corrected chi connectivity index (χ3v) is 5.69. The van der Waals surface area contributed by atoms with E-state index in [4.69, 9.17) is 0 Å². The Morgan fingerprint density at radius 1 is 1.41 bits per heavy atom. The van der Waals surface area contributed by atoms with Gasteiger partial charge in [-0.3, -0.25) is 0 Å². The summed E-state index contributed by atoms with van der Waals surface area (Å²) in [6.07, 6.45) is 2.18. The maximum absolute atomic E-state index is 11.8. The Morgan fingerprint density at radius 2 is 2.14 bits per heavy atom. The number of carbonyl (C=O) groups is 1. The highest BCUT2D eigenvalue weighted by molar-refractivity contribution is 8.14. The van der Waals surface area contributed by atoms with Gasteiger partial charge in [0.2, 0.25) is 0 Å². The highest BCUT2D eigenvalue weighted by Gasteiger charge is 2.38. The van der Waals surface area contributed by atoms with Crippen molar-refractivity contribution in [2.75, 3.05) is 6.54 Å².